The van der Waals surface area contributed by atoms with Crippen LogP contribution in [0.3, 0.4) is 0 Å². The zero-order valence-electron chi connectivity index (χ0n) is 22.1. The van der Waals surface area contributed by atoms with Gasteiger partial charge in [0.05, 0.1) is 19.4 Å². The molecule has 37 heavy (non-hydrogen) atoms. The molecule has 0 aliphatic heterocycles. The van der Waals surface area contributed by atoms with Crippen molar-refractivity contribution in [2.24, 2.45) is 5.92 Å². The summed E-state index contributed by atoms with van der Waals surface area (Å²) in [6.07, 6.45) is 6.63. The van der Waals surface area contributed by atoms with Gasteiger partial charge in [-0.05, 0) is 25.3 Å². The predicted octanol–water partition coefficient (Wildman–Crippen LogP) is 2.93. The lowest BCUT2D eigenvalue weighted by Crippen LogP contribution is -2.57. The number of rotatable bonds is 12. The molecule has 3 rings (SSSR count). The second-order valence-electron chi connectivity index (χ2n) is 9.58. The Bertz CT molecular complexity index is 1020. The molecule has 1 fully saturated rings. The Labute approximate surface area is 218 Å². The number of hydrogen-bond acceptors (Lipinski definition) is 7. The van der Waals surface area contributed by atoms with Crippen LogP contribution in [-0.4, -0.2) is 67.2 Å². The number of aromatic nitrogens is 1. The van der Waals surface area contributed by atoms with Crippen molar-refractivity contribution in [3.63, 3.8) is 0 Å². The van der Waals surface area contributed by atoms with Crippen LogP contribution in [0.5, 0.6) is 5.75 Å². The van der Waals surface area contributed by atoms with Crippen LogP contribution in [0.1, 0.15) is 61.6 Å². The first-order valence-electron chi connectivity index (χ1n) is 12.8. The third-order valence-electron chi connectivity index (χ3n) is 6.96. The van der Waals surface area contributed by atoms with Crippen molar-refractivity contribution < 1.29 is 28.4 Å². The number of hydrogen-bond donors (Lipinski definition) is 2. The van der Waals surface area contributed by atoms with E-state index in [0.717, 1.165) is 31.2 Å². The summed E-state index contributed by atoms with van der Waals surface area (Å²) in [6, 6.07) is 7.11. The fourth-order valence-electron chi connectivity index (χ4n) is 4.72. The summed E-state index contributed by atoms with van der Waals surface area (Å²) in [5, 5.41) is 9.21. The Kier molecular flexibility index (Phi) is 10.5. The maximum absolute atomic E-state index is 13.5. The largest absolute Gasteiger partial charge is 0.496 e. The molecule has 10 nitrogen and oxygen atoms in total. The molecule has 0 radical (unpaired) electrons. The normalized spacial score (nSPS) is 16.3. The second-order valence-corrected chi connectivity index (χ2v) is 9.58. The van der Waals surface area contributed by atoms with Crippen LogP contribution in [0.2, 0.25) is 0 Å². The Morgan fingerprint density at radius 1 is 1.11 bits per heavy atom. The smallest absolute Gasteiger partial charge is 0.290 e. The quantitative estimate of drug-likeness (QED) is 0.446. The molecular formula is C27H38N4O6. The van der Waals surface area contributed by atoms with Gasteiger partial charge in [0.25, 0.3) is 5.91 Å². The van der Waals surface area contributed by atoms with Crippen LogP contribution >= 0.6 is 0 Å². The molecule has 2 aromatic rings. The molecule has 3 amide bonds. The van der Waals surface area contributed by atoms with Crippen molar-refractivity contribution in [1.82, 2.24) is 20.7 Å². The van der Waals surface area contributed by atoms with Crippen molar-refractivity contribution in [3.05, 3.63) is 47.9 Å². The molecule has 202 valence electrons. The lowest BCUT2D eigenvalue weighted by Gasteiger charge is -2.31. The van der Waals surface area contributed by atoms with Gasteiger partial charge in [-0.15, -0.1) is 0 Å². The van der Waals surface area contributed by atoms with Gasteiger partial charge in [0.2, 0.25) is 17.6 Å². The van der Waals surface area contributed by atoms with Gasteiger partial charge in [0.1, 0.15) is 17.8 Å². The summed E-state index contributed by atoms with van der Waals surface area (Å²) >= 11 is 0. The zero-order valence-corrected chi connectivity index (χ0v) is 22.1. The molecule has 1 aliphatic rings. The highest BCUT2D eigenvalue weighted by Gasteiger charge is 2.34. The summed E-state index contributed by atoms with van der Waals surface area (Å²) in [6.45, 7) is 2.02. The number of benzene rings is 1. The lowest BCUT2D eigenvalue weighted by atomic mass is 9.84. The van der Waals surface area contributed by atoms with Crippen LogP contribution in [0.25, 0.3) is 0 Å². The van der Waals surface area contributed by atoms with Crippen LogP contribution < -0.4 is 15.4 Å². The highest BCUT2D eigenvalue weighted by atomic mass is 16.5. The minimum atomic E-state index is -0.951. The van der Waals surface area contributed by atoms with Crippen molar-refractivity contribution in [1.29, 1.82) is 0 Å². The number of nitrogens with zero attached hydrogens (tertiary/aromatic N) is 2. The van der Waals surface area contributed by atoms with E-state index in [1.54, 1.807) is 21.1 Å². The van der Waals surface area contributed by atoms with E-state index in [0.29, 0.717) is 24.6 Å². The van der Waals surface area contributed by atoms with Crippen LogP contribution in [0.15, 0.2) is 41.1 Å². The Morgan fingerprint density at radius 3 is 2.49 bits per heavy atom. The van der Waals surface area contributed by atoms with Gasteiger partial charge in [-0.1, -0.05) is 55.5 Å². The number of carbonyl (C=O) groups excluding carboxylic acids is 3. The van der Waals surface area contributed by atoms with E-state index in [2.05, 4.69) is 15.8 Å². The van der Waals surface area contributed by atoms with E-state index in [-0.39, 0.29) is 11.7 Å². The minimum Gasteiger partial charge on any atom is -0.496 e. The van der Waals surface area contributed by atoms with E-state index >= 15 is 0 Å². The number of methoxy groups -OCH3 is 2. The average Bonchev–Trinajstić information content (AvgIpc) is 3.46. The van der Waals surface area contributed by atoms with E-state index in [1.807, 2.05) is 24.3 Å². The molecule has 0 unspecified atom stereocenters. The maximum Gasteiger partial charge on any atom is 0.290 e. The summed E-state index contributed by atoms with van der Waals surface area (Å²) < 4.78 is 15.8. The molecule has 1 aromatic heterocycles. The zero-order chi connectivity index (χ0) is 26.8. The third-order valence-corrected chi connectivity index (χ3v) is 6.96. The van der Waals surface area contributed by atoms with Gasteiger partial charge in [-0.2, -0.15) is 0 Å². The number of nitrogens with one attached hydrogen (secondary N) is 2. The van der Waals surface area contributed by atoms with Crippen molar-refractivity contribution in [2.45, 2.75) is 70.2 Å². The molecule has 2 N–H and O–H groups in total. The molecule has 1 heterocycles. The minimum absolute atomic E-state index is 0.0240. The fraction of sp³-hybridized carbons (Fsp3) is 0.556. The van der Waals surface area contributed by atoms with Crippen molar-refractivity contribution >= 4 is 17.7 Å². The van der Waals surface area contributed by atoms with Crippen LogP contribution in [-0.2, 0) is 20.9 Å². The first kappa shape index (κ1) is 28.2. The first-order valence-corrected chi connectivity index (χ1v) is 12.8. The molecule has 10 heteroatoms. The molecule has 0 spiro atoms. The molecular weight excluding hydrogens is 476 g/mol. The summed E-state index contributed by atoms with van der Waals surface area (Å²) in [4.78, 5) is 41.2. The van der Waals surface area contributed by atoms with Gasteiger partial charge in [-0.3, -0.25) is 14.4 Å². The summed E-state index contributed by atoms with van der Waals surface area (Å²) in [5.74, 6) is -0.273. The standard InChI is InChI=1S/C27H38N4O6/c1-18(35-3)24(27(34)31(2)17-20-12-8-9-13-22(20)36-4)30-25(32)21(16-19-10-6-5-7-11-19)29-26(33)23-14-15-28-37-23/h8-9,12-15,18-19,21,24H,5-7,10-11,16-17H2,1-4H3,(H,29,33)(H,30,32)/t18-,21+,24+/m1/s1. The number of ether oxygens (including phenoxy) is 2. The maximum atomic E-state index is 13.5. The highest BCUT2D eigenvalue weighted by molar-refractivity contribution is 5.96. The predicted molar refractivity (Wildman–Crippen MR) is 137 cm³/mol. The SMILES string of the molecule is COc1ccccc1CN(C)C(=O)[C@@H](NC(=O)[C@H](CC1CCCCC1)NC(=O)c1ccno1)[C@@H](C)OC. The number of para-hydroxylation sites is 1. The van der Waals surface area contributed by atoms with Crippen LogP contribution in [0.4, 0.5) is 0 Å². The van der Waals surface area contributed by atoms with E-state index in [1.165, 1.54) is 30.7 Å². The number of amides is 3. The van der Waals surface area contributed by atoms with Crippen molar-refractivity contribution in [2.75, 3.05) is 21.3 Å². The second kappa shape index (κ2) is 13.8. The van der Waals surface area contributed by atoms with E-state index in [4.69, 9.17) is 14.0 Å². The Hall–Kier alpha value is -3.40. The molecule has 0 bridgehead atoms. The van der Waals surface area contributed by atoms with Gasteiger partial charge < -0.3 is 29.5 Å². The first-order chi connectivity index (χ1) is 17.8. The molecule has 0 saturated heterocycles. The molecule has 1 aromatic carbocycles. The molecule has 1 aliphatic carbocycles. The summed E-state index contributed by atoms with van der Waals surface area (Å²) in [7, 11) is 4.74. The topological polar surface area (TPSA) is 123 Å². The lowest BCUT2D eigenvalue weighted by molar-refractivity contribution is -0.140. The van der Waals surface area contributed by atoms with Gasteiger partial charge in [0.15, 0.2) is 0 Å². The highest BCUT2D eigenvalue weighted by Crippen LogP contribution is 2.27. The number of carbonyl (C=O) groups is 3. The third kappa shape index (κ3) is 7.79. The van der Waals surface area contributed by atoms with E-state index < -0.39 is 30.0 Å². The average molecular weight is 515 g/mol. The monoisotopic (exact) mass is 514 g/mol. The van der Waals surface area contributed by atoms with Crippen LogP contribution in [0, 0.1) is 5.92 Å². The molecule has 1 saturated carbocycles. The number of likely N-dealkylation sites (N-methyl/N-ethyl adjacent to an activating group) is 1. The summed E-state index contributed by atoms with van der Waals surface area (Å²) in [5.41, 5.74) is 0.838. The van der Waals surface area contributed by atoms with Gasteiger partial charge >= 0.3 is 0 Å². The molecule has 3 atom stereocenters. The Morgan fingerprint density at radius 2 is 1.84 bits per heavy atom. The fourth-order valence-corrected chi connectivity index (χ4v) is 4.72. The van der Waals surface area contributed by atoms with Gasteiger partial charge in [0, 0.05) is 32.3 Å². The van der Waals surface area contributed by atoms with E-state index in [9.17, 15) is 14.4 Å². The van der Waals surface area contributed by atoms with Crippen molar-refractivity contribution in [3.8, 4) is 5.75 Å². The Balaban J connectivity index is 1.75. The van der Waals surface area contributed by atoms with Gasteiger partial charge in [-0.25, -0.2) is 0 Å².